The predicted molar refractivity (Wildman–Crippen MR) is 72.0 cm³/mol. The largest absolute Gasteiger partial charge is 0.492 e. The summed E-state index contributed by atoms with van der Waals surface area (Å²) in [7, 11) is 0. The zero-order valence-electron chi connectivity index (χ0n) is 10.1. The Morgan fingerprint density at radius 3 is 2.88 bits per heavy atom. The number of halogens is 2. The van der Waals surface area contributed by atoms with E-state index in [1.54, 1.807) is 6.07 Å². The first kappa shape index (κ1) is 14.5. The van der Waals surface area contributed by atoms with Gasteiger partial charge in [0.2, 0.25) is 0 Å². The molecule has 0 heterocycles. The highest BCUT2D eigenvalue weighted by atomic mass is 79.9. The van der Waals surface area contributed by atoms with Crippen LogP contribution in [0.15, 0.2) is 22.7 Å². The van der Waals surface area contributed by atoms with Crippen LogP contribution in [0.5, 0.6) is 5.75 Å². The number of benzene rings is 1. The Labute approximate surface area is 111 Å². The molecule has 0 spiro atoms. The molecule has 1 N–H and O–H groups in total. The third-order valence-corrected chi connectivity index (χ3v) is 2.98. The summed E-state index contributed by atoms with van der Waals surface area (Å²) >= 11 is 3.33. The molecule has 0 atom stereocenters. The van der Waals surface area contributed by atoms with Gasteiger partial charge >= 0.3 is 0 Å². The molecule has 17 heavy (non-hydrogen) atoms. The van der Waals surface area contributed by atoms with Gasteiger partial charge in [-0.1, -0.05) is 6.92 Å². The lowest BCUT2D eigenvalue weighted by Crippen LogP contribution is -2.16. The molecule has 0 fully saturated rings. The molecule has 1 aromatic rings. The van der Waals surface area contributed by atoms with Crippen LogP contribution in [-0.4, -0.2) is 19.7 Å². The molecular formula is C13H19BrFNO. The molecule has 1 rings (SSSR count). The van der Waals surface area contributed by atoms with Gasteiger partial charge in [-0.05, 0) is 60.4 Å². The quantitative estimate of drug-likeness (QED) is 0.739. The van der Waals surface area contributed by atoms with Crippen LogP contribution in [0, 0.1) is 5.82 Å². The molecule has 0 aliphatic carbocycles. The predicted octanol–water partition coefficient (Wildman–Crippen LogP) is 3.75. The van der Waals surface area contributed by atoms with E-state index in [-0.39, 0.29) is 5.82 Å². The average Bonchev–Trinajstić information content (AvgIpc) is 2.32. The van der Waals surface area contributed by atoms with Crippen molar-refractivity contribution in [1.29, 1.82) is 0 Å². The minimum Gasteiger partial charge on any atom is -0.492 e. The maximum absolute atomic E-state index is 13.0. The highest BCUT2D eigenvalue weighted by Gasteiger charge is 2.02. The van der Waals surface area contributed by atoms with Crippen LogP contribution in [0.25, 0.3) is 0 Å². The summed E-state index contributed by atoms with van der Waals surface area (Å²) in [4.78, 5) is 0. The van der Waals surface area contributed by atoms with Gasteiger partial charge in [0, 0.05) is 6.07 Å². The molecule has 0 amide bonds. The maximum atomic E-state index is 13.0. The zero-order chi connectivity index (χ0) is 12.5. The number of ether oxygens (including phenoxy) is 1. The van der Waals surface area contributed by atoms with E-state index in [4.69, 9.17) is 4.74 Å². The van der Waals surface area contributed by atoms with Crippen LogP contribution in [0.1, 0.15) is 26.2 Å². The first-order valence-electron chi connectivity index (χ1n) is 6.02. The molecule has 0 saturated heterocycles. The third-order valence-electron chi connectivity index (χ3n) is 2.33. The van der Waals surface area contributed by atoms with Crippen LogP contribution in [0.4, 0.5) is 4.39 Å². The highest BCUT2D eigenvalue weighted by molar-refractivity contribution is 9.10. The minimum absolute atomic E-state index is 0.271. The summed E-state index contributed by atoms with van der Waals surface area (Å²) < 4.78 is 19.3. The van der Waals surface area contributed by atoms with Gasteiger partial charge in [-0.25, -0.2) is 4.39 Å². The van der Waals surface area contributed by atoms with E-state index >= 15 is 0 Å². The molecule has 1 aromatic carbocycles. The topological polar surface area (TPSA) is 21.3 Å². The van der Waals surface area contributed by atoms with Gasteiger partial charge in [-0.2, -0.15) is 0 Å². The fourth-order valence-corrected chi connectivity index (χ4v) is 1.78. The zero-order valence-corrected chi connectivity index (χ0v) is 11.7. The van der Waals surface area contributed by atoms with E-state index in [1.165, 1.54) is 12.1 Å². The van der Waals surface area contributed by atoms with Crippen LogP contribution < -0.4 is 10.1 Å². The smallest absolute Gasteiger partial charge is 0.136 e. The summed E-state index contributed by atoms with van der Waals surface area (Å²) in [6, 6.07) is 4.47. The van der Waals surface area contributed by atoms with Gasteiger partial charge in [0.25, 0.3) is 0 Å². The van der Waals surface area contributed by atoms with Crippen LogP contribution >= 0.6 is 15.9 Å². The number of unbranched alkanes of at least 4 members (excludes halogenated alkanes) is 1. The van der Waals surface area contributed by atoms with Crippen molar-refractivity contribution in [2.24, 2.45) is 0 Å². The summed E-state index contributed by atoms with van der Waals surface area (Å²) in [5.41, 5.74) is 0. The van der Waals surface area contributed by atoms with Crippen molar-refractivity contribution in [2.75, 3.05) is 19.7 Å². The molecule has 0 saturated carbocycles. The molecule has 4 heteroatoms. The summed E-state index contributed by atoms with van der Waals surface area (Å²) in [6.07, 6.45) is 3.21. The maximum Gasteiger partial charge on any atom is 0.136 e. The Morgan fingerprint density at radius 2 is 2.12 bits per heavy atom. The Morgan fingerprint density at radius 1 is 1.29 bits per heavy atom. The number of nitrogens with one attached hydrogen (secondary N) is 1. The molecule has 0 bridgehead atoms. The Bertz CT molecular complexity index is 333. The van der Waals surface area contributed by atoms with E-state index in [2.05, 4.69) is 28.2 Å². The standard InChI is InChI=1S/C13H19BrFNO/c1-2-7-16-8-3-4-9-17-13-10-11(15)5-6-12(13)14/h5-6,10,16H,2-4,7-9H2,1H3. The third kappa shape index (κ3) is 6.03. The van der Waals surface area contributed by atoms with Crippen LogP contribution in [0.3, 0.4) is 0 Å². The first-order valence-corrected chi connectivity index (χ1v) is 6.82. The lowest BCUT2D eigenvalue weighted by atomic mass is 10.3. The molecule has 96 valence electrons. The average molecular weight is 304 g/mol. The fourth-order valence-electron chi connectivity index (χ4n) is 1.42. The second-order valence-electron chi connectivity index (χ2n) is 3.88. The Balaban J connectivity index is 2.15. The normalized spacial score (nSPS) is 10.5. The molecule has 2 nitrogen and oxygen atoms in total. The van der Waals surface area contributed by atoms with Crippen molar-refractivity contribution in [3.63, 3.8) is 0 Å². The molecule has 0 aliphatic rings. The van der Waals surface area contributed by atoms with Crippen molar-refractivity contribution in [1.82, 2.24) is 5.32 Å². The van der Waals surface area contributed by atoms with E-state index in [9.17, 15) is 4.39 Å². The molecule has 0 aromatic heterocycles. The van der Waals surface area contributed by atoms with Crippen molar-refractivity contribution in [3.05, 3.63) is 28.5 Å². The molecule has 0 radical (unpaired) electrons. The molecule has 0 aliphatic heterocycles. The van der Waals surface area contributed by atoms with Gasteiger partial charge in [0.15, 0.2) is 0 Å². The van der Waals surface area contributed by atoms with Crippen molar-refractivity contribution < 1.29 is 9.13 Å². The monoisotopic (exact) mass is 303 g/mol. The van der Waals surface area contributed by atoms with E-state index in [0.717, 1.165) is 36.8 Å². The lowest BCUT2D eigenvalue weighted by Gasteiger charge is -2.08. The van der Waals surface area contributed by atoms with E-state index in [1.807, 2.05) is 0 Å². The van der Waals surface area contributed by atoms with E-state index in [0.29, 0.717) is 12.4 Å². The van der Waals surface area contributed by atoms with Gasteiger partial charge < -0.3 is 10.1 Å². The second kappa shape index (κ2) is 8.48. The summed E-state index contributed by atoms with van der Waals surface area (Å²) in [5, 5.41) is 3.33. The van der Waals surface area contributed by atoms with Gasteiger partial charge in [-0.3, -0.25) is 0 Å². The number of hydrogen-bond donors (Lipinski definition) is 1. The molecular weight excluding hydrogens is 285 g/mol. The van der Waals surface area contributed by atoms with E-state index < -0.39 is 0 Å². The minimum atomic E-state index is -0.271. The Hall–Kier alpha value is -0.610. The van der Waals surface area contributed by atoms with Crippen LogP contribution in [-0.2, 0) is 0 Å². The Kier molecular flexibility index (Phi) is 7.21. The first-order chi connectivity index (χ1) is 8.24. The number of hydrogen-bond acceptors (Lipinski definition) is 2. The van der Waals surface area contributed by atoms with Gasteiger partial charge in [0.05, 0.1) is 11.1 Å². The summed E-state index contributed by atoms with van der Waals surface area (Å²) in [6.45, 7) is 4.85. The number of rotatable bonds is 8. The molecule has 0 unspecified atom stereocenters. The van der Waals surface area contributed by atoms with Crippen LogP contribution in [0.2, 0.25) is 0 Å². The van der Waals surface area contributed by atoms with Gasteiger partial charge in [-0.15, -0.1) is 0 Å². The van der Waals surface area contributed by atoms with Gasteiger partial charge in [0.1, 0.15) is 11.6 Å². The highest BCUT2D eigenvalue weighted by Crippen LogP contribution is 2.25. The second-order valence-corrected chi connectivity index (χ2v) is 4.73. The summed E-state index contributed by atoms with van der Waals surface area (Å²) in [5.74, 6) is 0.305. The van der Waals surface area contributed by atoms with Crippen molar-refractivity contribution in [3.8, 4) is 5.75 Å². The SMILES string of the molecule is CCCNCCCCOc1cc(F)ccc1Br. The van der Waals surface area contributed by atoms with Crippen molar-refractivity contribution in [2.45, 2.75) is 26.2 Å². The fraction of sp³-hybridized carbons (Fsp3) is 0.538. The van der Waals surface area contributed by atoms with Crippen molar-refractivity contribution >= 4 is 15.9 Å². The lowest BCUT2D eigenvalue weighted by molar-refractivity contribution is 0.302.